The Morgan fingerprint density at radius 3 is 2.64 bits per heavy atom. The van der Waals surface area contributed by atoms with Crippen molar-refractivity contribution in [3.63, 3.8) is 0 Å². The fourth-order valence-corrected chi connectivity index (χ4v) is 6.81. The summed E-state index contributed by atoms with van der Waals surface area (Å²) in [4.78, 5) is 4.71. The first-order chi connectivity index (χ1) is 15.9. The van der Waals surface area contributed by atoms with E-state index in [1.165, 1.54) is 3.98 Å². The summed E-state index contributed by atoms with van der Waals surface area (Å²) >= 11 is 0. The topological polar surface area (TPSA) is 98.7 Å². The van der Waals surface area contributed by atoms with Gasteiger partial charge in [-0.3, -0.25) is 4.40 Å². The fourth-order valence-electron chi connectivity index (χ4n) is 5.45. The van der Waals surface area contributed by atoms with Crippen LogP contribution in [-0.4, -0.2) is 57.2 Å². The highest BCUT2D eigenvalue weighted by Gasteiger charge is 2.51. The second-order valence-corrected chi connectivity index (χ2v) is 10.9. The molecule has 0 N–H and O–H groups in total. The van der Waals surface area contributed by atoms with Crippen LogP contribution in [0.1, 0.15) is 49.2 Å². The van der Waals surface area contributed by atoms with Gasteiger partial charge in [0, 0.05) is 18.8 Å². The number of ether oxygens (including phenoxy) is 2. The summed E-state index contributed by atoms with van der Waals surface area (Å²) in [6.45, 7) is 5.33. The second kappa shape index (κ2) is 7.41. The maximum absolute atomic E-state index is 13.4. The molecule has 0 radical (unpaired) electrons. The van der Waals surface area contributed by atoms with Gasteiger partial charge in [-0.05, 0) is 30.0 Å². The Morgan fingerprint density at radius 1 is 1.15 bits per heavy atom. The first kappa shape index (κ1) is 20.9. The van der Waals surface area contributed by atoms with Gasteiger partial charge in [0.2, 0.25) is 5.65 Å². The molecule has 0 bridgehead atoms. The lowest BCUT2D eigenvalue weighted by Gasteiger charge is -2.21. The second-order valence-electron chi connectivity index (χ2n) is 9.07. The Bertz CT molecular complexity index is 1370. The number of benzene rings is 1. The molecule has 2 atom stereocenters. The summed E-state index contributed by atoms with van der Waals surface area (Å²) in [5.74, 6) is 1.14. The Balaban J connectivity index is 1.43. The third-order valence-corrected chi connectivity index (χ3v) is 8.83. The maximum atomic E-state index is 13.4. The van der Waals surface area contributed by atoms with Crippen molar-refractivity contribution in [3.05, 3.63) is 47.5 Å². The van der Waals surface area contributed by atoms with Gasteiger partial charge in [-0.2, -0.15) is 8.42 Å². The van der Waals surface area contributed by atoms with Crippen molar-refractivity contribution in [2.75, 3.05) is 13.2 Å². The predicted octanol–water partition coefficient (Wildman–Crippen LogP) is 2.74. The smallest absolute Gasteiger partial charge is 0.347 e. The van der Waals surface area contributed by atoms with Gasteiger partial charge in [0.05, 0.1) is 25.8 Å². The summed E-state index contributed by atoms with van der Waals surface area (Å²) in [6, 6.07) is 6.86. The third-order valence-electron chi connectivity index (χ3n) is 7.12. The van der Waals surface area contributed by atoms with Gasteiger partial charge >= 0.3 is 15.8 Å². The minimum atomic E-state index is -3.76. The Morgan fingerprint density at radius 2 is 1.91 bits per heavy atom. The summed E-state index contributed by atoms with van der Waals surface area (Å²) in [6.07, 6.45) is 6.22. The zero-order valence-corrected chi connectivity index (χ0v) is 19.5. The molecule has 1 aliphatic carbocycles. The van der Waals surface area contributed by atoms with Gasteiger partial charge in [-0.1, -0.05) is 31.0 Å². The number of fused-ring (bicyclic) bond motifs is 3. The minimum Gasteiger partial charge on any atom is -0.347 e. The molecule has 6 rings (SSSR count). The molecule has 1 saturated heterocycles. The molecule has 10 heteroatoms. The summed E-state index contributed by atoms with van der Waals surface area (Å²) in [5, 5.41) is 8.91. The normalized spacial score (nSPS) is 24.0. The molecule has 3 aromatic rings. The molecule has 1 spiro atoms. The van der Waals surface area contributed by atoms with Crippen molar-refractivity contribution >= 4 is 27.7 Å². The first-order valence-corrected chi connectivity index (χ1v) is 12.8. The average Bonchev–Trinajstić information content (AvgIpc) is 3.59. The number of sulfonamides is 1. The first-order valence-electron chi connectivity index (χ1n) is 11.4. The fraction of sp³-hybridized carbons (Fsp3) is 0.478. The highest BCUT2D eigenvalue weighted by molar-refractivity contribution is 7.85. The van der Waals surface area contributed by atoms with E-state index >= 15 is 0 Å². The van der Waals surface area contributed by atoms with Gasteiger partial charge in [-0.25, -0.2) is 0 Å². The van der Waals surface area contributed by atoms with Gasteiger partial charge < -0.3 is 9.47 Å². The largest absolute Gasteiger partial charge is 0.358 e. The molecule has 2 aromatic heterocycles. The van der Waals surface area contributed by atoms with E-state index < -0.39 is 15.8 Å². The number of hydrogen-bond donors (Lipinski definition) is 0. The molecule has 33 heavy (non-hydrogen) atoms. The number of rotatable bonds is 4. The number of aromatic nitrogens is 4. The van der Waals surface area contributed by atoms with Crippen LogP contribution in [0.15, 0.2) is 35.4 Å². The van der Waals surface area contributed by atoms with E-state index in [-0.39, 0.29) is 10.8 Å². The van der Waals surface area contributed by atoms with Crippen LogP contribution in [0.5, 0.6) is 0 Å². The molecule has 172 valence electrons. The molecule has 3 aliphatic rings. The van der Waals surface area contributed by atoms with Gasteiger partial charge in [0.1, 0.15) is 16.4 Å². The highest BCUT2D eigenvalue weighted by atomic mass is 32.2. The van der Waals surface area contributed by atoms with Crippen LogP contribution in [0.3, 0.4) is 0 Å². The van der Waals surface area contributed by atoms with Crippen LogP contribution in [0.4, 0.5) is 5.82 Å². The van der Waals surface area contributed by atoms with Crippen molar-refractivity contribution in [3.8, 4) is 0 Å². The molecule has 2 unspecified atom stereocenters. The number of hydrogen-bond acceptors (Lipinski definition) is 7. The maximum Gasteiger partial charge on any atom is 0.358 e. The summed E-state index contributed by atoms with van der Waals surface area (Å²) in [5.41, 5.74) is 2.41. The lowest BCUT2D eigenvalue weighted by atomic mass is 9.93. The molecular weight excluding hydrogens is 442 g/mol. The van der Waals surface area contributed by atoms with Crippen LogP contribution in [-0.2, 0) is 25.9 Å². The Kier molecular flexibility index (Phi) is 4.69. The van der Waals surface area contributed by atoms with E-state index in [1.54, 1.807) is 36.7 Å². The van der Waals surface area contributed by atoms with Gasteiger partial charge in [-0.15, -0.1) is 14.2 Å². The van der Waals surface area contributed by atoms with E-state index in [1.807, 2.05) is 11.3 Å². The predicted molar refractivity (Wildman–Crippen MR) is 119 cm³/mol. The van der Waals surface area contributed by atoms with Crippen LogP contribution in [0.25, 0.3) is 5.65 Å². The van der Waals surface area contributed by atoms with E-state index in [2.05, 4.69) is 22.1 Å². The van der Waals surface area contributed by atoms with Gasteiger partial charge in [0.25, 0.3) is 0 Å². The van der Waals surface area contributed by atoms with Crippen molar-refractivity contribution < 1.29 is 21.9 Å². The standard InChI is InChI=1S/C23H26N5O4S/c1-3-16-12-23(31-10-11-32-23)13-18(16)21-26-25-20-14-24-22-19(28(20)21)8-9-27(22)33(29,30)17-6-4-15(2)5-7-17/h4-7,9,14,16,18H,3,8,10-13H2,1-2H3/q+1. The van der Waals surface area contributed by atoms with Crippen molar-refractivity contribution in [2.45, 2.75) is 56.1 Å². The molecular formula is C23H26N5O4S+. The van der Waals surface area contributed by atoms with Crippen LogP contribution < -0.4 is 0 Å². The monoisotopic (exact) mass is 468 g/mol. The average molecular weight is 469 g/mol. The van der Waals surface area contributed by atoms with Crippen LogP contribution in [0.2, 0.25) is 0 Å². The summed E-state index contributed by atoms with van der Waals surface area (Å²) in [7, 11) is -3.76. The lowest BCUT2D eigenvalue weighted by molar-refractivity contribution is -0.257. The minimum absolute atomic E-state index is 0.109. The lowest BCUT2D eigenvalue weighted by Crippen LogP contribution is -2.26. The van der Waals surface area contributed by atoms with E-state index in [0.29, 0.717) is 37.0 Å². The van der Waals surface area contributed by atoms with Crippen molar-refractivity contribution in [1.82, 2.24) is 19.6 Å². The molecule has 0 amide bonds. The Hall–Kier alpha value is -2.69. The summed E-state index contributed by atoms with van der Waals surface area (Å²) < 4.78 is 42.0. The van der Waals surface area contributed by atoms with Crippen LogP contribution >= 0.6 is 0 Å². The zero-order chi connectivity index (χ0) is 22.8. The number of aryl methyl sites for hydroxylation is 1. The van der Waals surface area contributed by atoms with E-state index in [9.17, 15) is 8.42 Å². The number of nitrogens with zero attached hydrogens (tertiary/aromatic N) is 5. The molecule has 1 saturated carbocycles. The molecule has 9 nitrogen and oxygen atoms in total. The highest BCUT2D eigenvalue weighted by Crippen LogP contribution is 2.50. The van der Waals surface area contributed by atoms with Crippen molar-refractivity contribution in [2.24, 2.45) is 5.92 Å². The van der Waals surface area contributed by atoms with E-state index in [4.69, 9.17) is 9.47 Å². The molecule has 2 fully saturated rings. The van der Waals surface area contributed by atoms with Crippen LogP contribution in [0, 0.1) is 12.8 Å². The van der Waals surface area contributed by atoms with Gasteiger partial charge in [0.15, 0.2) is 12.0 Å². The van der Waals surface area contributed by atoms with E-state index in [0.717, 1.165) is 36.3 Å². The third kappa shape index (κ3) is 3.15. The zero-order valence-electron chi connectivity index (χ0n) is 18.6. The Labute approximate surface area is 192 Å². The van der Waals surface area contributed by atoms with Crippen molar-refractivity contribution in [1.29, 1.82) is 0 Å². The SMILES string of the molecule is CCC1CC2(CC1c1nnc3cnc4c(n13)CC=[N+]4S(=O)(=O)c1ccc(C)cc1)OCCO2. The molecule has 1 aromatic carbocycles. The quantitative estimate of drug-likeness (QED) is 0.543. The molecule has 2 aliphatic heterocycles. The molecule has 4 heterocycles.